The zero-order valence-electron chi connectivity index (χ0n) is 29.1. The van der Waals surface area contributed by atoms with Crippen molar-refractivity contribution in [3.63, 3.8) is 0 Å². The van der Waals surface area contributed by atoms with Crippen molar-refractivity contribution in [1.82, 2.24) is 25.2 Å². The maximum absolute atomic E-state index is 14.3. The molecule has 15 heteroatoms. The van der Waals surface area contributed by atoms with E-state index in [2.05, 4.69) is 15.6 Å². The molecule has 2 heterocycles. The number of likely N-dealkylation sites (tertiary alicyclic amines) is 1. The van der Waals surface area contributed by atoms with Crippen LogP contribution in [0, 0.1) is 11.3 Å². The Hall–Kier alpha value is -3.53. The first-order chi connectivity index (χ1) is 23.7. The lowest BCUT2D eigenvalue weighted by atomic mass is 9.85. The third kappa shape index (κ3) is 8.16. The minimum Gasteiger partial charge on any atom is -0.472 e. The van der Waals surface area contributed by atoms with Gasteiger partial charge in [-0.25, -0.2) is 14.5 Å². The summed E-state index contributed by atoms with van der Waals surface area (Å²) < 4.78 is 44.2. The number of hydrogen-bond donors (Lipinski definition) is 4. The highest BCUT2D eigenvalue weighted by molar-refractivity contribution is 7.85. The lowest BCUT2D eigenvalue weighted by molar-refractivity contribution is -0.136. The second-order valence-electron chi connectivity index (χ2n) is 15.2. The van der Waals surface area contributed by atoms with Crippen LogP contribution in [0.15, 0.2) is 36.5 Å². The number of aliphatic hydroxyl groups excluding tert-OH is 1. The van der Waals surface area contributed by atoms with E-state index in [1.807, 2.05) is 62.7 Å². The normalized spacial score (nSPS) is 27.0. The van der Waals surface area contributed by atoms with Crippen LogP contribution in [0.1, 0.15) is 85.5 Å². The van der Waals surface area contributed by atoms with Gasteiger partial charge >= 0.3 is 16.4 Å². The zero-order valence-corrected chi connectivity index (χ0v) is 29.9. The summed E-state index contributed by atoms with van der Waals surface area (Å²) in [5.74, 6) is -1.36. The van der Waals surface area contributed by atoms with Gasteiger partial charge in [-0.05, 0) is 73.8 Å². The number of aliphatic hydroxyl groups is 1. The molecule has 4 fully saturated rings. The van der Waals surface area contributed by atoms with Crippen molar-refractivity contribution >= 4 is 39.0 Å². The van der Waals surface area contributed by atoms with Crippen LogP contribution in [0.5, 0.6) is 5.88 Å². The number of nitrogens with zero attached hydrogens (tertiary/aromatic N) is 2. The molecule has 1 aliphatic heterocycles. The van der Waals surface area contributed by atoms with Crippen LogP contribution in [0.4, 0.5) is 4.79 Å². The molecule has 4 aliphatic rings. The molecule has 3 aliphatic carbocycles. The van der Waals surface area contributed by atoms with Gasteiger partial charge in [0.15, 0.2) is 0 Å². The van der Waals surface area contributed by atoms with E-state index in [-0.39, 0.29) is 31.4 Å². The van der Waals surface area contributed by atoms with Crippen LogP contribution in [-0.2, 0) is 28.8 Å². The number of fused-ring (bicyclic) bond motifs is 1. The van der Waals surface area contributed by atoms with E-state index in [0.29, 0.717) is 25.1 Å². The number of pyridine rings is 1. The molecule has 3 amide bonds. The fraction of sp³-hybridized carbons (Fsp3) is 0.657. The zero-order chi connectivity index (χ0) is 35.8. The number of alkyl carbamates (subject to hydrolysis) is 1. The van der Waals surface area contributed by atoms with Gasteiger partial charge in [-0.3, -0.25) is 18.7 Å². The van der Waals surface area contributed by atoms with Crippen molar-refractivity contribution in [3.05, 3.63) is 36.5 Å². The van der Waals surface area contributed by atoms with Crippen molar-refractivity contribution in [1.29, 1.82) is 0 Å². The highest BCUT2D eigenvalue weighted by Crippen LogP contribution is 2.47. The molecular formula is C35H49N5O9S. The van der Waals surface area contributed by atoms with E-state index in [0.717, 1.165) is 36.5 Å². The van der Waals surface area contributed by atoms with Gasteiger partial charge in [-0.2, -0.15) is 8.42 Å². The van der Waals surface area contributed by atoms with Crippen LogP contribution >= 0.6 is 0 Å². The van der Waals surface area contributed by atoms with Crippen molar-refractivity contribution in [2.24, 2.45) is 11.3 Å². The number of hydrogen-bond acceptors (Lipinski definition) is 11. The number of nitrogens with one attached hydrogen (secondary N) is 3. The van der Waals surface area contributed by atoms with Crippen LogP contribution in [0.2, 0.25) is 0 Å². The molecule has 1 aromatic carbocycles. The summed E-state index contributed by atoms with van der Waals surface area (Å²) in [6.45, 7) is 7.56. The standard InChI is InChI=1S/C35H49N5O9S/c1-5-22-19-35(22,32(43)39-50(45,46)49-24-14-15-24)38-29(41)27-18-25(47-30-26-13-9-6-10-21(26)16-17-36-30)20-40(27)31(42)28(34(2,3)4)37-33(44)48-23-11-7-8-12-23/h6,9-10,13,16-17,22-25,27-28,31,42H,5,7-8,11-12,14-15,18-20H2,1-4H3,(H,37,44)(H,38,41)(H,39,43)/t22-,25-,27+,28-,31?,35-/m1/s1. The molecule has 1 unspecified atom stereocenters. The molecular weight excluding hydrogens is 666 g/mol. The lowest BCUT2D eigenvalue weighted by Crippen LogP contribution is -2.62. The average molecular weight is 716 g/mol. The second kappa shape index (κ2) is 14.2. The first-order valence-electron chi connectivity index (χ1n) is 17.7. The summed E-state index contributed by atoms with van der Waals surface area (Å²) in [6.07, 6.45) is 4.00. The Balaban J connectivity index is 1.25. The fourth-order valence-corrected chi connectivity index (χ4v) is 8.24. The van der Waals surface area contributed by atoms with Gasteiger partial charge in [-0.15, -0.1) is 0 Å². The number of rotatable bonds is 13. The summed E-state index contributed by atoms with van der Waals surface area (Å²) in [6, 6.07) is 7.61. The highest BCUT2D eigenvalue weighted by atomic mass is 32.2. The van der Waals surface area contributed by atoms with E-state index in [1.54, 1.807) is 11.1 Å². The van der Waals surface area contributed by atoms with Gasteiger partial charge in [0.25, 0.3) is 5.91 Å². The monoisotopic (exact) mass is 715 g/mol. The van der Waals surface area contributed by atoms with Crippen molar-refractivity contribution in [2.45, 2.75) is 128 Å². The third-order valence-corrected chi connectivity index (χ3v) is 11.3. The molecule has 1 aromatic heterocycles. The Morgan fingerprint density at radius 1 is 1.06 bits per heavy atom. The molecule has 6 rings (SSSR count). The minimum absolute atomic E-state index is 0.0934. The summed E-state index contributed by atoms with van der Waals surface area (Å²) in [5, 5.41) is 19.5. The molecule has 0 bridgehead atoms. The summed E-state index contributed by atoms with van der Waals surface area (Å²) in [4.78, 5) is 46.8. The van der Waals surface area contributed by atoms with Crippen LogP contribution < -0.4 is 20.1 Å². The molecule has 3 saturated carbocycles. The van der Waals surface area contributed by atoms with E-state index in [1.165, 1.54) is 0 Å². The summed E-state index contributed by atoms with van der Waals surface area (Å²) in [7, 11) is -4.36. The molecule has 4 N–H and O–H groups in total. The first kappa shape index (κ1) is 36.3. The van der Waals surface area contributed by atoms with Crippen LogP contribution in [0.3, 0.4) is 0 Å². The number of ether oxygens (including phenoxy) is 2. The van der Waals surface area contributed by atoms with E-state index in [9.17, 15) is 27.9 Å². The molecule has 6 atom stereocenters. The summed E-state index contributed by atoms with van der Waals surface area (Å²) in [5.41, 5.74) is -2.14. The minimum atomic E-state index is -4.36. The van der Waals surface area contributed by atoms with E-state index < -0.39 is 69.7 Å². The van der Waals surface area contributed by atoms with Gasteiger partial charge in [-0.1, -0.05) is 52.3 Å². The third-order valence-electron chi connectivity index (χ3n) is 10.3. The number of aromatic nitrogens is 1. The quantitative estimate of drug-likeness (QED) is 0.239. The first-order valence-corrected chi connectivity index (χ1v) is 19.1. The highest BCUT2D eigenvalue weighted by Gasteiger charge is 2.62. The Kier molecular flexibility index (Phi) is 10.3. The topological polar surface area (TPSA) is 185 Å². The van der Waals surface area contributed by atoms with Crippen molar-refractivity contribution in [3.8, 4) is 5.88 Å². The Morgan fingerprint density at radius 3 is 2.44 bits per heavy atom. The fourth-order valence-electron chi connectivity index (χ4n) is 7.23. The average Bonchev–Trinajstić information content (AvgIpc) is 3.89. The summed E-state index contributed by atoms with van der Waals surface area (Å²) >= 11 is 0. The lowest BCUT2D eigenvalue weighted by Gasteiger charge is -2.40. The molecule has 274 valence electrons. The number of benzene rings is 1. The molecule has 14 nitrogen and oxygen atoms in total. The second-order valence-corrected chi connectivity index (χ2v) is 16.5. The smallest absolute Gasteiger partial charge is 0.407 e. The number of carbonyl (C=O) groups excluding carboxylic acids is 3. The maximum Gasteiger partial charge on any atom is 0.407 e. The Bertz CT molecular complexity index is 1690. The molecule has 1 saturated heterocycles. The van der Waals surface area contributed by atoms with Gasteiger partial charge in [0, 0.05) is 24.5 Å². The predicted molar refractivity (Wildman–Crippen MR) is 183 cm³/mol. The number of carbonyl (C=O) groups is 3. The maximum atomic E-state index is 14.3. The molecule has 2 aromatic rings. The molecule has 50 heavy (non-hydrogen) atoms. The van der Waals surface area contributed by atoms with Crippen LogP contribution in [-0.4, -0.2) is 90.0 Å². The van der Waals surface area contributed by atoms with E-state index >= 15 is 0 Å². The van der Waals surface area contributed by atoms with Gasteiger partial charge < -0.3 is 25.2 Å². The molecule has 0 radical (unpaired) electrons. The number of amides is 3. The SMILES string of the molecule is CC[C@@H]1C[C@]1(NC(=O)[C@@H]1C[C@@H](Oc2nccc3ccccc23)CN1C(O)[C@@H](NC(=O)OC1CCCC1)C(C)(C)C)C(=O)NS(=O)(=O)OC1CC1. The van der Waals surface area contributed by atoms with Crippen molar-refractivity contribution < 1.29 is 41.6 Å². The van der Waals surface area contributed by atoms with Crippen molar-refractivity contribution in [2.75, 3.05) is 6.54 Å². The van der Waals surface area contributed by atoms with E-state index in [4.69, 9.17) is 13.7 Å². The van der Waals surface area contributed by atoms with Gasteiger partial charge in [0.1, 0.15) is 24.0 Å². The Morgan fingerprint density at radius 2 is 1.78 bits per heavy atom. The Labute approximate surface area is 293 Å². The van der Waals surface area contributed by atoms with Gasteiger partial charge in [0.05, 0.1) is 18.2 Å². The predicted octanol–water partition coefficient (Wildman–Crippen LogP) is 3.28. The molecule has 0 spiro atoms. The van der Waals surface area contributed by atoms with Crippen LogP contribution in [0.25, 0.3) is 10.8 Å². The van der Waals surface area contributed by atoms with Gasteiger partial charge in [0.2, 0.25) is 11.8 Å². The largest absolute Gasteiger partial charge is 0.472 e.